The molecule has 0 spiro atoms. The van der Waals surface area contributed by atoms with Gasteiger partial charge in [-0.05, 0) is 29.7 Å². The molecule has 14 heavy (non-hydrogen) atoms. The Labute approximate surface area is 80.2 Å². The van der Waals surface area contributed by atoms with Crippen LogP contribution >= 0.6 is 0 Å². The third-order valence-electron chi connectivity index (χ3n) is 2.08. The molecule has 0 fully saturated rings. The first-order chi connectivity index (χ1) is 6.49. The van der Waals surface area contributed by atoms with Gasteiger partial charge in [0.05, 0.1) is 12.2 Å². The molecular formula is C10H11F3O. The second kappa shape index (κ2) is 4.00. The van der Waals surface area contributed by atoms with Crippen molar-refractivity contribution in [2.45, 2.75) is 26.1 Å². The molecular weight excluding hydrogens is 193 g/mol. The normalized spacial score (nSPS) is 11.8. The molecule has 0 bridgehead atoms. The van der Waals surface area contributed by atoms with Crippen molar-refractivity contribution >= 4 is 0 Å². The van der Waals surface area contributed by atoms with Crippen molar-refractivity contribution in [1.29, 1.82) is 0 Å². The molecule has 78 valence electrons. The van der Waals surface area contributed by atoms with Crippen LogP contribution in [-0.4, -0.2) is 5.11 Å². The van der Waals surface area contributed by atoms with E-state index in [1.54, 1.807) is 6.92 Å². The van der Waals surface area contributed by atoms with Crippen LogP contribution in [0.1, 0.15) is 23.6 Å². The Morgan fingerprint density at radius 2 is 1.86 bits per heavy atom. The van der Waals surface area contributed by atoms with Gasteiger partial charge in [-0.15, -0.1) is 0 Å². The monoisotopic (exact) mass is 204 g/mol. The summed E-state index contributed by atoms with van der Waals surface area (Å²) in [6.45, 7) is 1.54. The van der Waals surface area contributed by atoms with Crippen LogP contribution in [0.2, 0.25) is 0 Å². The number of hydrogen-bond donors (Lipinski definition) is 1. The summed E-state index contributed by atoms with van der Waals surface area (Å²) in [6.07, 6.45) is -3.82. The molecule has 1 nitrogen and oxygen atoms in total. The van der Waals surface area contributed by atoms with Gasteiger partial charge < -0.3 is 5.11 Å². The van der Waals surface area contributed by atoms with E-state index in [1.165, 1.54) is 6.07 Å². The number of aliphatic hydroxyl groups is 1. The fourth-order valence-electron chi connectivity index (χ4n) is 1.29. The van der Waals surface area contributed by atoms with Crippen LogP contribution in [0.4, 0.5) is 13.2 Å². The molecule has 0 saturated heterocycles. The number of halogens is 3. The predicted octanol–water partition coefficient (Wildman–Crippen LogP) is 2.76. The highest BCUT2D eigenvalue weighted by Gasteiger charge is 2.30. The van der Waals surface area contributed by atoms with Gasteiger partial charge in [-0.3, -0.25) is 0 Å². The van der Waals surface area contributed by atoms with Crippen LogP contribution < -0.4 is 0 Å². The number of alkyl halides is 3. The van der Waals surface area contributed by atoms with E-state index in [9.17, 15) is 13.2 Å². The zero-order valence-corrected chi connectivity index (χ0v) is 7.73. The fourth-order valence-corrected chi connectivity index (χ4v) is 1.29. The zero-order valence-electron chi connectivity index (χ0n) is 7.73. The summed E-state index contributed by atoms with van der Waals surface area (Å²) < 4.78 is 36.8. The number of hydrogen-bond acceptors (Lipinski definition) is 1. The fraction of sp³-hybridized carbons (Fsp3) is 0.400. The number of aryl methyl sites for hydroxylation is 1. The van der Waals surface area contributed by atoms with Gasteiger partial charge in [0.1, 0.15) is 0 Å². The van der Waals surface area contributed by atoms with Gasteiger partial charge in [-0.25, -0.2) is 0 Å². The van der Waals surface area contributed by atoms with E-state index in [2.05, 4.69) is 0 Å². The zero-order chi connectivity index (χ0) is 10.8. The summed E-state index contributed by atoms with van der Waals surface area (Å²) in [5.74, 6) is 0. The molecule has 0 amide bonds. The Balaban J connectivity index is 3.14. The second-order valence-corrected chi connectivity index (χ2v) is 2.99. The summed E-state index contributed by atoms with van der Waals surface area (Å²) in [5, 5.41) is 8.86. The molecule has 0 heterocycles. The lowest BCUT2D eigenvalue weighted by molar-refractivity contribution is -0.137. The highest BCUT2D eigenvalue weighted by molar-refractivity contribution is 5.33. The van der Waals surface area contributed by atoms with E-state index in [-0.39, 0.29) is 6.61 Å². The molecule has 1 N–H and O–H groups in total. The van der Waals surface area contributed by atoms with Crippen molar-refractivity contribution in [3.63, 3.8) is 0 Å². The number of aliphatic hydroxyl groups excluding tert-OH is 1. The third-order valence-corrected chi connectivity index (χ3v) is 2.08. The first kappa shape index (κ1) is 11.0. The lowest BCUT2D eigenvalue weighted by Gasteiger charge is -2.10. The second-order valence-electron chi connectivity index (χ2n) is 2.99. The van der Waals surface area contributed by atoms with Gasteiger partial charge in [0.15, 0.2) is 0 Å². The van der Waals surface area contributed by atoms with E-state index in [0.717, 1.165) is 12.1 Å². The average Bonchev–Trinajstić information content (AvgIpc) is 2.15. The number of benzene rings is 1. The Bertz CT molecular complexity index is 318. The molecule has 1 rings (SSSR count). The summed E-state index contributed by atoms with van der Waals surface area (Å²) in [4.78, 5) is 0. The third kappa shape index (κ3) is 2.26. The van der Waals surface area contributed by atoms with Gasteiger partial charge in [-0.1, -0.05) is 13.0 Å². The van der Waals surface area contributed by atoms with Crippen LogP contribution in [0.5, 0.6) is 0 Å². The van der Waals surface area contributed by atoms with Crippen LogP contribution in [0.15, 0.2) is 18.2 Å². The molecule has 4 heteroatoms. The number of rotatable bonds is 2. The van der Waals surface area contributed by atoms with Crippen molar-refractivity contribution in [2.24, 2.45) is 0 Å². The molecule has 0 unspecified atom stereocenters. The van der Waals surface area contributed by atoms with Crippen molar-refractivity contribution in [3.05, 3.63) is 34.9 Å². The van der Waals surface area contributed by atoms with Crippen molar-refractivity contribution < 1.29 is 18.3 Å². The quantitative estimate of drug-likeness (QED) is 0.785. The SMILES string of the molecule is CCc1cc(C(F)(F)F)ccc1CO. The molecule has 1 aromatic carbocycles. The van der Waals surface area contributed by atoms with E-state index in [4.69, 9.17) is 5.11 Å². The van der Waals surface area contributed by atoms with Crippen LogP contribution in [-0.2, 0) is 19.2 Å². The molecule has 0 aliphatic carbocycles. The Kier molecular flexibility index (Phi) is 3.16. The van der Waals surface area contributed by atoms with Crippen LogP contribution in [0.25, 0.3) is 0 Å². The van der Waals surface area contributed by atoms with E-state index in [1.807, 2.05) is 0 Å². The molecule has 1 aromatic rings. The lowest BCUT2D eigenvalue weighted by atomic mass is 10.0. The molecule has 0 atom stereocenters. The Morgan fingerprint density at radius 1 is 1.21 bits per heavy atom. The summed E-state index contributed by atoms with van der Waals surface area (Å²) in [7, 11) is 0. The van der Waals surface area contributed by atoms with Crippen molar-refractivity contribution in [3.8, 4) is 0 Å². The highest BCUT2D eigenvalue weighted by Crippen LogP contribution is 2.30. The maximum Gasteiger partial charge on any atom is 0.416 e. The minimum Gasteiger partial charge on any atom is -0.392 e. The maximum absolute atomic E-state index is 12.3. The summed E-state index contributed by atoms with van der Waals surface area (Å²) in [5.41, 5.74) is 0.439. The first-order valence-electron chi connectivity index (χ1n) is 4.29. The smallest absolute Gasteiger partial charge is 0.392 e. The van der Waals surface area contributed by atoms with Crippen molar-refractivity contribution in [1.82, 2.24) is 0 Å². The average molecular weight is 204 g/mol. The summed E-state index contributed by atoms with van der Waals surface area (Å²) >= 11 is 0. The molecule has 0 aliphatic rings. The van der Waals surface area contributed by atoms with Gasteiger partial charge in [0, 0.05) is 0 Å². The minimum atomic E-state index is -4.31. The molecule has 0 saturated carbocycles. The topological polar surface area (TPSA) is 20.2 Å². The lowest BCUT2D eigenvalue weighted by Crippen LogP contribution is -2.06. The molecule has 0 radical (unpaired) electrons. The Hall–Kier alpha value is -1.03. The highest BCUT2D eigenvalue weighted by atomic mass is 19.4. The van der Waals surface area contributed by atoms with Crippen LogP contribution in [0.3, 0.4) is 0 Å². The van der Waals surface area contributed by atoms with E-state index in [0.29, 0.717) is 17.5 Å². The largest absolute Gasteiger partial charge is 0.416 e. The van der Waals surface area contributed by atoms with Gasteiger partial charge >= 0.3 is 6.18 Å². The minimum absolute atomic E-state index is 0.221. The first-order valence-corrected chi connectivity index (χ1v) is 4.29. The molecule has 0 aliphatic heterocycles. The van der Waals surface area contributed by atoms with Crippen molar-refractivity contribution in [2.75, 3.05) is 0 Å². The van der Waals surface area contributed by atoms with E-state index < -0.39 is 11.7 Å². The van der Waals surface area contributed by atoms with E-state index >= 15 is 0 Å². The van der Waals surface area contributed by atoms with Gasteiger partial charge in [0.25, 0.3) is 0 Å². The summed E-state index contributed by atoms with van der Waals surface area (Å²) in [6, 6.07) is 3.40. The van der Waals surface area contributed by atoms with Crippen LogP contribution in [0, 0.1) is 0 Å². The maximum atomic E-state index is 12.3. The molecule has 0 aromatic heterocycles. The predicted molar refractivity (Wildman–Crippen MR) is 46.7 cm³/mol. The Morgan fingerprint density at radius 3 is 2.29 bits per heavy atom. The standard InChI is InChI=1S/C10H11F3O/c1-2-7-5-9(10(11,12)13)4-3-8(7)6-14/h3-5,14H,2,6H2,1H3. The van der Waals surface area contributed by atoms with Gasteiger partial charge in [0.2, 0.25) is 0 Å². The van der Waals surface area contributed by atoms with Gasteiger partial charge in [-0.2, -0.15) is 13.2 Å².